The van der Waals surface area contributed by atoms with Gasteiger partial charge in [0.25, 0.3) is 4.21 Å². The highest BCUT2D eigenvalue weighted by Crippen LogP contribution is 2.36. The number of aliphatic carboxylic acids is 1. The number of hydrogen-bond donors (Lipinski definition) is 1. The predicted octanol–water partition coefficient (Wildman–Crippen LogP) is 3.93. The number of carboxylic acid groups (broad SMARTS) is 1. The van der Waals surface area contributed by atoms with Crippen molar-refractivity contribution in [2.24, 2.45) is 0 Å². The van der Waals surface area contributed by atoms with Crippen molar-refractivity contribution in [1.82, 2.24) is 0 Å². The summed E-state index contributed by atoms with van der Waals surface area (Å²) in [6, 6.07) is 12.2. The fraction of sp³-hybridized carbons (Fsp3) is 0.0909. The molecule has 2 aromatic rings. The first-order chi connectivity index (χ1) is 7.75. The number of thioether (sulfide) groups is 1. The Bertz CT molecular complexity index is 479. The average Bonchev–Trinajstić information content (AvgIpc) is 2.76. The highest BCUT2D eigenvalue weighted by molar-refractivity contribution is 8.03. The summed E-state index contributed by atoms with van der Waals surface area (Å²) in [5, 5.41) is 8.59. The Hall–Kier alpha value is -0.910. The van der Waals surface area contributed by atoms with Crippen LogP contribution >= 0.6 is 32.4 Å². The Kier molecular flexibility index (Phi) is 3.93. The molecule has 0 aliphatic heterocycles. The second-order valence-corrected chi connectivity index (χ2v) is 6.53. The molecule has 1 aromatic carbocycles. The topological polar surface area (TPSA) is 37.3 Å². The minimum atomic E-state index is -0.773. The zero-order valence-corrected chi connectivity index (χ0v) is 10.7. The number of benzene rings is 1. The van der Waals surface area contributed by atoms with Crippen molar-refractivity contribution in [2.75, 3.05) is 5.75 Å². The molecule has 0 amide bonds. The third kappa shape index (κ3) is 3.04. The van der Waals surface area contributed by atoms with Crippen LogP contribution in [-0.4, -0.2) is 16.8 Å². The average molecular weight is 269 g/mol. The summed E-state index contributed by atoms with van der Waals surface area (Å²) < 4.78 is 1.06. The predicted molar refractivity (Wildman–Crippen MR) is 70.4 cm³/mol. The third-order valence-electron chi connectivity index (χ3n) is 1.86. The van der Waals surface area contributed by atoms with Crippen molar-refractivity contribution >= 4 is 38.4 Å². The maximum Gasteiger partial charge on any atom is 0.314 e. The molecule has 16 heavy (non-hydrogen) atoms. The minimum Gasteiger partial charge on any atom is -0.481 e. The highest BCUT2D eigenvalue weighted by Gasteiger charge is 2.16. The normalized spacial score (nSPS) is 10.2. The Balaban J connectivity index is 2.11. The molecule has 0 bridgehead atoms. The summed E-state index contributed by atoms with van der Waals surface area (Å²) >= 11 is 1.37. The van der Waals surface area contributed by atoms with Crippen LogP contribution in [0.25, 0.3) is 10.4 Å². The van der Waals surface area contributed by atoms with Gasteiger partial charge in [-0.05, 0) is 5.56 Å². The number of hydrogen-bond acceptors (Lipinski definition) is 3. The van der Waals surface area contributed by atoms with E-state index < -0.39 is 5.97 Å². The van der Waals surface area contributed by atoms with Gasteiger partial charge in [-0.2, -0.15) is 0 Å². The van der Waals surface area contributed by atoms with Gasteiger partial charge in [-0.1, -0.05) is 42.1 Å². The van der Waals surface area contributed by atoms with E-state index in [1.807, 2.05) is 18.2 Å². The van der Waals surface area contributed by atoms with Gasteiger partial charge in [0.05, 0.1) is 4.88 Å². The summed E-state index contributed by atoms with van der Waals surface area (Å²) in [6.45, 7) is 0. The number of rotatable bonds is 4. The van der Waals surface area contributed by atoms with Gasteiger partial charge in [0.2, 0.25) is 0 Å². The van der Waals surface area contributed by atoms with Crippen LogP contribution in [0.15, 0.2) is 40.6 Å². The Morgan fingerprint density at radius 1 is 1.38 bits per heavy atom. The third-order valence-corrected chi connectivity index (χ3v) is 5.80. The molecule has 1 N–H and O–H groups in total. The van der Waals surface area contributed by atoms with E-state index in [9.17, 15) is 4.79 Å². The number of carboxylic acids is 1. The fourth-order valence-corrected chi connectivity index (χ4v) is 4.73. The molecule has 0 aliphatic rings. The molecule has 0 fully saturated rings. The van der Waals surface area contributed by atoms with Crippen molar-refractivity contribution in [3.05, 3.63) is 36.4 Å². The number of carbonyl (C=O) groups is 1. The van der Waals surface area contributed by atoms with Gasteiger partial charge in [-0.25, -0.2) is 0 Å². The monoisotopic (exact) mass is 269 g/mol. The SMILES string of the molecule is O=C(O)CSc1cc(-c2ccccc2)s[s+]1. The summed E-state index contributed by atoms with van der Waals surface area (Å²) in [5.74, 6) is -0.647. The standard InChI is InChI=1S/C11H8O2S3/c12-10(13)7-14-11-6-9(15-16-11)8-4-2-1-3-5-8/h1-6H,7H2/p+1. The summed E-state index contributed by atoms with van der Waals surface area (Å²) in [7, 11) is 3.31. The van der Waals surface area contributed by atoms with E-state index in [2.05, 4.69) is 18.2 Å². The van der Waals surface area contributed by atoms with Crippen molar-refractivity contribution in [3.63, 3.8) is 0 Å². The molecule has 0 spiro atoms. The van der Waals surface area contributed by atoms with Crippen LogP contribution in [0.5, 0.6) is 0 Å². The maximum absolute atomic E-state index is 10.4. The lowest BCUT2D eigenvalue weighted by Crippen LogP contribution is -1.96. The molecule has 1 heterocycles. The first-order valence-corrected chi connectivity index (χ1v) is 7.72. The molecule has 0 atom stereocenters. The quantitative estimate of drug-likeness (QED) is 0.519. The molecule has 0 radical (unpaired) electrons. The van der Waals surface area contributed by atoms with Crippen LogP contribution < -0.4 is 0 Å². The van der Waals surface area contributed by atoms with Crippen molar-refractivity contribution in [2.45, 2.75) is 4.21 Å². The maximum atomic E-state index is 10.4. The van der Waals surface area contributed by atoms with E-state index in [1.54, 1.807) is 20.7 Å². The lowest BCUT2D eigenvalue weighted by Gasteiger charge is -1.90. The lowest BCUT2D eigenvalue weighted by molar-refractivity contribution is -0.133. The summed E-state index contributed by atoms with van der Waals surface area (Å²) in [4.78, 5) is 11.6. The van der Waals surface area contributed by atoms with Crippen LogP contribution in [0.1, 0.15) is 0 Å². The van der Waals surface area contributed by atoms with Gasteiger partial charge in [0.15, 0.2) is 10.3 Å². The van der Waals surface area contributed by atoms with E-state index in [1.165, 1.54) is 22.2 Å². The molecule has 0 aliphatic carbocycles. The molecular formula is C11H9O2S3+. The van der Waals surface area contributed by atoms with E-state index >= 15 is 0 Å². The van der Waals surface area contributed by atoms with E-state index in [0.29, 0.717) is 0 Å². The molecule has 2 nitrogen and oxygen atoms in total. The van der Waals surface area contributed by atoms with Crippen LogP contribution in [0.3, 0.4) is 0 Å². The zero-order chi connectivity index (χ0) is 11.4. The van der Waals surface area contributed by atoms with Gasteiger partial charge < -0.3 is 5.11 Å². The molecule has 5 heteroatoms. The smallest absolute Gasteiger partial charge is 0.314 e. The lowest BCUT2D eigenvalue weighted by atomic mass is 10.2. The van der Waals surface area contributed by atoms with Gasteiger partial charge in [0.1, 0.15) is 5.75 Å². The van der Waals surface area contributed by atoms with Gasteiger partial charge in [-0.15, -0.1) is 0 Å². The van der Waals surface area contributed by atoms with Gasteiger partial charge in [0, 0.05) is 6.07 Å². The minimum absolute atomic E-state index is 0.126. The van der Waals surface area contributed by atoms with Crippen LogP contribution in [0.4, 0.5) is 0 Å². The van der Waals surface area contributed by atoms with Gasteiger partial charge >= 0.3 is 16.3 Å². The second kappa shape index (κ2) is 5.43. The van der Waals surface area contributed by atoms with Crippen molar-refractivity contribution < 1.29 is 9.90 Å². The summed E-state index contributed by atoms with van der Waals surface area (Å²) in [5.41, 5.74) is 1.19. The van der Waals surface area contributed by atoms with E-state index in [0.717, 1.165) is 4.21 Å². The Morgan fingerprint density at radius 3 is 2.81 bits per heavy atom. The zero-order valence-electron chi connectivity index (χ0n) is 8.25. The first kappa shape index (κ1) is 11.6. The second-order valence-electron chi connectivity index (χ2n) is 3.04. The van der Waals surface area contributed by atoms with Crippen molar-refractivity contribution in [1.29, 1.82) is 0 Å². The van der Waals surface area contributed by atoms with E-state index in [4.69, 9.17) is 5.11 Å². The molecule has 82 valence electrons. The molecular weight excluding hydrogens is 260 g/mol. The molecule has 0 saturated carbocycles. The molecule has 0 saturated heterocycles. The molecule has 1 aromatic heterocycles. The Labute approximate surface area is 105 Å². The van der Waals surface area contributed by atoms with Crippen LogP contribution in [-0.2, 0) is 4.79 Å². The molecule has 2 rings (SSSR count). The van der Waals surface area contributed by atoms with E-state index in [-0.39, 0.29) is 5.75 Å². The van der Waals surface area contributed by atoms with Crippen LogP contribution in [0, 0.1) is 0 Å². The summed E-state index contributed by atoms with van der Waals surface area (Å²) in [6.07, 6.45) is 0. The van der Waals surface area contributed by atoms with Gasteiger partial charge in [-0.3, -0.25) is 4.79 Å². The Morgan fingerprint density at radius 2 is 2.12 bits per heavy atom. The van der Waals surface area contributed by atoms with Crippen molar-refractivity contribution in [3.8, 4) is 10.4 Å². The molecule has 0 unspecified atom stereocenters. The first-order valence-electron chi connectivity index (χ1n) is 4.59. The highest BCUT2D eigenvalue weighted by atomic mass is 32.9. The fourth-order valence-electron chi connectivity index (χ4n) is 1.17. The largest absolute Gasteiger partial charge is 0.481 e. The van der Waals surface area contributed by atoms with Crippen LogP contribution in [0.2, 0.25) is 0 Å².